The molecular formula is C18H21N7O2. The molecule has 0 fully saturated rings. The van der Waals surface area contributed by atoms with Crippen LogP contribution in [0, 0.1) is 0 Å². The van der Waals surface area contributed by atoms with Gasteiger partial charge in [-0.15, -0.1) is 5.10 Å². The number of urea groups is 1. The smallest absolute Gasteiger partial charge is 0.315 e. The summed E-state index contributed by atoms with van der Waals surface area (Å²) in [6.45, 7) is 1.04. The Hall–Kier alpha value is -3.46. The molecule has 27 heavy (non-hydrogen) atoms. The van der Waals surface area contributed by atoms with Gasteiger partial charge in [-0.3, -0.25) is 4.98 Å². The minimum atomic E-state index is -0.280. The summed E-state index contributed by atoms with van der Waals surface area (Å²) in [5.74, 6) is 0.683. The molecule has 2 aromatic heterocycles. The van der Waals surface area contributed by atoms with Gasteiger partial charge in [0.15, 0.2) is 0 Å². The molecule has 3 aromatic rings. The van der Waals surface area contributed by atoms with Crippen LogP contribution in [0.4, 0.5) is 4.79 Å². The Morgan fingerprint density at radius 3 is 2.89 bits per heavy atom. The van der Waals surface area contributed by atoms with Crippen LogP contribution in [0.2, 0.25) is 0 Å². The number of hydrogen-bond donors (Lipinski definition) is 3. The third kappa shape index (κ3) is 4.79. The zero-order valence-corrected chi connectivity index (χ0v) is 14.9. The summed E-state index contributed by atoms with van der Waals surface area (Å²) in [7, 11) is 1.58. The van der Waals surface area contributed by atoms with Gasteiger partial charge in [0.05, 0.1) is 24.7 Å². The molecule has 2 amide bonds. The number of rotatable bonds is 7. The fourth-order valence-electron chi connectivity index (χ4n) is 2.49. The SMILES string of the molecule is COc1ccncc1CNC(=O)NCc1cccc(-n2cc(CN)nn2)c1. The Labute approximate surface area is 156 Å². The lowest BCUT2D eigenvalue weighted by Gasteiger charge is -2.10. The number of aromatic nitrogens is 4. The van der Waals surface area contributed by atoms with Crippen molar-refractivity contribution in [2.75, 3.05) is 7.11 Å². The molecule has 140 valence electrons. The number of methoxy groups -OCH3 is 1. The number of hydrogen-bond acceptors (Lipinski definition) is 6. The first-order valence-corrected chi connectivity index (χ1v) is 8.39. The summed E-state index contributed by atoms with van der Waals surface area (Å²) in [6.07, 6.45) is 5.08. The second-order valence-corrected chi connectivity index (χ2v) is 5.75. The van der Waals surface area contributed by atoms with E-state index >= 15 is 0 Å². The lowest BCUT2D eigenvalue weighted by molar-refractivity contribution is 0.240. The Morgan fingerprint density at radius 1 is 1.26 bits per heavy atom. The highest BCUT2D eigenvalue weighted by Gasteiger charge is 2.06. The number of benzene rings is 1. The molecule has 0 saturated carbocycles. The first-order valence-electron chi connectivity index (χ1n) is 8.39. The van der Waals surface area contributed by atoms with Gasteiger partial charge < -0.3 is 21.1 Å². The molecule has 4 N–H and O–H groups in total. The third-order valence-corrected chi connectivity index (χ3v) is 3.90. The molecular weight excluding hydrogens is 346 g/mol. The van der Waals surface area contributed by atoms with Crippen molar-refractivity contribution in [3.8, 4) is 11.4 Å². The van der Waals surface area contributed by atoms with Crippen molar-refractivity contribution in [3.63, 3.8) is 0 Å². The molecule has 0 aliphatic carbocycles. The average molecular weight is 367 g/mol. The van der Waals surface area contributed by atoms with Crippen LogP contribution in [0.15, 0.2) is 48.9 Å². The molecule has 0 bridgehead atoms. The monoisotopic (exact) mass is 367 g/mol. The quantitative estimate of drug-likeness (QED) is 0.576. The van der Waals surface area contributed by atoms with Crippen LogP contribution in [0.5, 0.6) is 5.75 Å². The normalized spacial score (nSPS) is 10.4. The predicted molar refractivity (Wildman–Crippen MR) is 99.1 cm³/mol. The highest BCUT2D eigenvalue weighted by atomic mass is 16.5. The summed E-state index contributed by atoms with van der Waals surface area (Å²) in [4.78, 5) is 16.1. The third-order valence-electron chi connectivity index (χ3n) is 3.90. The molecule has 9 nitrogen and oxygen atoms in total. The van der Waals surface area contributed by atoms with E-state index in [1.165, 1.54) is 0 Å². The number of nitrogens with zero attached hydrogens (tertiary/aromatic N) is 4. The fraction of sp³-hybridized carbons (Fsp3) is 0.222. The topological polar surface area (TPSA) is 120 Å². The van der Waals surface area contributed by atoms with Crippen LogP contribution in [0.1, 0.15) is 16.8 Å². The van der Waals surface area contributed by atoms with E-state index < -0.39 is 0 Å². The molecule has 2 heterocycles. The van der Waals surface area contributed by atoms with E-state index in [1.54, 1.807) is 36.4 Å². The molecule has 1 aromatic carbocycles. The molecule has 0 spiro atoms. The largest absolute Gasteiger partial charge is 0.496 e. The standard InChI is InChI=1S/C18H21N7O2/c1-27-17-5-6-20-10-14(17)11-22-18(26)21-9-13-3-2-4-16(7-13)25-12-15(8-19)23-24-25/h2-7,10,12H,8-9,11,19H2,1H3,(H2,21,22,26). The first-order chi connectivity index (χ1) is 13.2. The minimum absolute atomic E-state index is 0.280. The number of carbonyl (C=O) groups excluding carboxylic acids is 1. The van der Waals surface area contributed by atoms with Gasteiger partial charge in [0.2, 0.25) is 0 Å². The van der Waals surface area contributed by atoms with Crippen molar-refractivity contribution in [2.24, 2.45) is 5.73 Å². The molecule has 3 rings (SSSR count). The van der Waals surface area contributed by atoms with Gasteiger partial charge in [0.25, 0.3) is 0 Å². The van der Waals surface area contributed by atoms with Crippen LogP contribution in [-0.4, -0.2) is 33.1 Å². The van der Waals surface area contributed by atoms with E-state index in [-0.39, 0.29) is 6.03 Å². The molecule has 9 heteroatoms. The maximum absolute atomic E-state index is 12.1. The Morgan fingerprint density at radius 2 is 2.11 bits per heavy atom. The summed E-state index contributed by atoms with van der Waals surface area (Å²) in [5.41, 5.74) is 8.86. The van der Waals surface area contributed by atoms with Gasteiger partial charge in [-0.1, -0.05) is 17.3 Å². The second kappa shape index (κ2) is 8.77. The van der Waals surface area contributed by atoms with E-state index in [0.29, 0.717) is 31.1 Å². The molecule has 0 radical (unpaired) electrons. The van der Waals surface area contributed by atoms with Gasteiger partial charge in [-0.2, -0.15) is 0 Å². The van der Waals surface area contributed by atoms with Gasteiger partial charge in [-0.05, 0) is 23.8 Å². The summed E-state index contributed by atoms with van der Waals surface area (Å²) in [6, 6.07) is 9.13. The Bertz CT molecular complexity index is 910. The van der Waals surface area contributed by atoms with Crippen LogP contribution in [0.3, 0.4) is 0 Å². The van der Waals surface area contributed by atoms with Gasteiger partial charge >= 0.3 is 6.03 Å². The first kappa shape index (κ1) is 18.3. The number of carbonyl (C=O) groups is 1. The lowest BCUT2D eigenvalue weighted by atomic mass is 10.2. The van der Waals surface area contributed by atoms with Crippen molar-refractivity contribution in [3.05, 3.63) is 65.7 Å². The number of pyridine rings is 1. The zero-order chi connectivity index (χ0) is 19.1. The highest BCUT2D eigenvalue weighted by Crippen LogP contribution is 2.15. The van der Waals surface area contributed by atoms with Gasteiger partial charge in [-0.25, -0.2) is 9.48 Å². The van der Waals surface area contributed by atoms with Gasteiger partial charge in [0, 0.05) is 37.6 Å². The van der Waals surface area contributed by atoms with E-state index in [4.69, 9.17) is 10.5 Å². The minimum Gasteiger partial charge on any atom is -0.496 e. The van der Waals surface area contributed by atoms with Crippen LogP contribution in [0.25, 0.3) is 5.69 Å². The van der Waals surface area contributed by atoms with Crippen molar-refractivity contribution >= 4 is 6.03 Å². The zero-order valence-electron chi connectivity index (χ0n) is 14.9. The van der Waals surface area contributed by atoms with Crippen molar-refractivity contribution in [2.45, 2.75) is 19.6 Å². The molecule has 0 aliphatic heterocycles. The van der Waals surface area contributed by atoms with Gasteiger partial charge in [0.1, 0.15) is 5.75 Å². The Balaban J connectivity index is 1.55. The average Bonchev–Trinajstić information content (AvgIpc) is 3.20. The number of amides is 2. The molecule has 0 unspecified atom stereocenters. The molecule has 0 aliphatic rings. The number of nitrogens with one attached hydrogen (secondary N) is 2. The van der Waals surface area contributed by atoms with E-state index in [0.717, 1.165) is 16.8 Å². The van der Waals surface area contributed by atoms with E-state index in [2.05, 4.69) is 25.9 Å². The predicted octanol–water partition coefficient (Wildman–Crippen LogP) is 1.13. The van der Waals surface area contributed by atoms with Crippen molar-refractivity contribution in [1.29, 1.82) is 0 Å². The lowest BCUT2D eigenvalue weighted by Crippen LogP contribution is -2.34. The molecule has 0 saturated heterocycles. The Kier molecular flexibility index (Phi) is 5.95. The maximum atomic E-state index is 12.1. The summed E-state index contributed by atoms with van der Waals surface area (Å²) >= 11 is 0. The molecule has 0 atom stereocenters. The highest BCUT2D eigenvalue weighted by molar-refractivity contribution is 5.73. The number of nitrogens with two attached hydrogens (primary N) is 1. The summed E-state index contributed by atoms with van der Waals surface area (Å²) in [5, 5.41) is 13.6. The van der Waals surface area contributed by atoms with Crippen LogP contribution >= 0.6 is 0 Å². The number of ether oxygens (including phenoxy) is 1. The van der Waals surface area contributed by atoms with Crippen molar-refractivity contribution < 1.29 is 9.53 Å². The summed E-state index contributed by atoms with van der Waals surface area (Å²) < 4.78 is 6.89. The second-order valence-electron chi connectivity index (χ2n) is 5.75. The van der Waals surface area contributed by atoms with E-state index in [1.807, 2.05) is 24.3 Å². The fourth-order valence-corrected chi connectivity index (χ4v) is 2.49. The maximum Gasteiger partial charge on any atom is 0.315 e. The van der Waals surface area contributed by atoms with Crippen LogP contribution < -0.4 is 21.1 Å². The van der Waals surface area contributed by atoms with Crippen LogP contribution in [-0.2, 0) is 19.6 Å². The van der Waals surface area contributed by atoms with E-state index in [9.17, 15) is 4.79 Å². The van der Waals surface area contributed by atoms with Crippen molar-refractivity contribution in [1.82, 2.24) is 30.6 Å².